The first-order valence-corrected chi connectivity index (χ1v) is 12.6. The molecule has 0 aliphatic carbocycles. The number of hydrogen-bond acceptors (Lipinski definition) is 5. The van der Waals surface area contributed by atoms with E-state index in [9.17, 15) is 14.4 Å². The first kappa shape index (κ1) is 26.0. The maximum Gasteiger partial charge on any atom is 0.256 e. The van der Waals surface area contributed by atoms with Crippen LogP contribution >= 0.6 is 0 Å². The molecule has 194 valence electrons. The number of aromatic nitrogens is 2. The summed E-state index contributed by atoms with van der Waals surface area (Å²) in [5, 5.41) is 12.6. The van der Waals surface area contributed by atoms with E-state index in [0.717, 1.165) is 29.4 Å². The van der Waals surface area contributed by atoms with Gasteiger partial charge >= 0.3 is 0 Å². The summed E-state index contributed by atoms with van der Waals surface area (Å²) in [6.45, 7) is 7.20. The molecule has 0 bridgehead atoms. The van der Waals surface area contributed by atoms with Gasteiger partial charge in [-0.3, -0.25) is 14.4 Å². The van der Waals surface area contributed by atoms with E-state index in [-0.39, 0.29) is 36.4 Å². The van der Waals surface area contributed by atoms with E-state index in [0.29, 0.717) is 41.6 Å². The minimum atomic E-state index is -0.287. The number of nitrogens with zero attached hydrogens (tertiary/aromatic N) is 3. The normalized spacial score (nSPS) is 14.8. The molecule has 3 aromatic rings. The lowest BCUT2D eigenvalue weighted by atomic mass is 9.89. The number of aryl methyl sites for hydroxylation is 1. The van der Waals surface area contributed by atoms with Crippen molar-refractivity contribution in [2.75, 3.05) is 20.2 Å². The number of aromatic amines is 1. The molecular weight excluding hydrogens is 470 g/mol. The number of likely N-dealkylation sites (tertiary alicyclic amines) is 1. The molecule has 4 rings (SSSR count). The van der Waals surface area contributed by atoms with E-state index in [2.05, 4.69) is 21.8 Å². The molecule has 0 radical (unpaired) electrons. The number of carbonyl (C=O) groups is 2. The third-order valence-electron chi connectivity index (χ3n) is 7.47. The van der Waals surface area contributed by atoms with E-state index >= 15 is 0 Å². The van der Waals surface area contributed by atoms with Crippen LogP contribution in [0.3, 0.4) is 0 Å². The van der Waals surface area contributed by atoms with E-state index in [4.69, 9.17) is 10.00 Å². The van der Waals surface area contributed by atoms with Gasteiger partial charge in [-0.1, -0.05) is 18.2 Å². The minimum Gasteiger partial charge on any atom is -0.496 e. The highest BCUT2D eigenvalue weighted by Gasteiger charge is 2.30. The van der Waals surface area contributed by atoms with Crippen molar-refractivity contribution in [3.63, 3.8) is 0 Å². The Balaban J connectivity index is 1.59. The number of carbonyl (C=O) groups excluding carboxylic acids is 2. The predicted molar refractivity (Wildman–Crippen MR) is 140 cm³/mol. The van der Waals surface area contributed by atoms with Gasteiger partial charge in [0.2, 0.25) is 5.91 Å². The molecule has 2 amide bonds. The number of amides is 2. The monoisotopic (exact) mass is 503 g/mol. The van der Waals surface area contributed by atoms with Gasteiger partial charge in [0.1, 0.15) is 12.2 Å². The lowest BCUT2D eigenvalue weighted by Crippen LogP contribution is -2.40. The predicted octanol–water partition coefficient (Wildman–Crippen LogP) is 3.60. The topological polar surface area (TPSA) is 120 Å². The molecule has 1 saturated heterocycles. The fourth-order valence-electron chi connectivity index (χ4n) is 5.52. The standard InChI is InChI=1S/C28H33N5O4/c1-17-15-24(37-4)22(27(35)31-17)16-30-28(36)26-19(3)33(23-8-6-5-7-21(23)26)18(2)20-10-13-32(14-11-20)25(34)9-12-29/h5-8,15,18,20H,9-11,13-14,16H2,1-4H3,(H,30,36)(H,31,35). The molecule has 9 nitrogen and oxygen atoms in total. The number of rotatable bonds is 7. The minimum absolute atomic E-state index is 0.0430. The number of nitrogens with one attached hydrogen (secondary N) is 2. The molecule has 1 aliphatic heterocycles. The van der Waals surface area contributed by atoms with Gasteiger partial charge in [0.05, 0.1) is 30.9 Å². The Hall–Kier alpha value is -4.06. The fraction of sp³-hybridized carbons (Fsp3) is 0.429. The van der Waals surface area contributed by atoms with Gasteiger partial charge in [-0.25, -0.2) is 0 Å². The van der Waals surface area contributed by atoms with E-state index < -0.39 is 0 Å². The number of ether oxygens (including phenoxy) is 1. The summed E-state index contributed by atoms with van der Waals surface area (Å²) in [5.74, 6) is 0.402. The number of methoxy groups -OCH3 is 1. The van der Waals surface area contributed by atoms with Crippen molar-refractivity contribution in [1.82, 2.24) is 19.8 Å². The van der Waals surface area contributed by atoms with Crippen molar-refractivity contribution in [2.24, 2.45) is 5.92 Å². The first-order valence-electron chi connectivity index (χ1n) is 12.6. The number of hydrogen-bond donors (Lipinski definition) is 2. The van der Waals surface area contributed by atoms with Crippen molar-refractivity contribution in [3.05, 3.63) is 63.2 Å². The van der Waals surface area contributed by atoms with Crippen molar-refractivity contribution >= 4 is 22.7 Å². The molecule has 1 aliphatic rings. The highest BCUT2D eigenvalue weighted by atomic mass is 16.5. The second-order valence-corrected chi connectivity index (χ2v) is 9.65. The molecular formula is C28H33N5O4. The van der Waals surface area contributed by atoms with Crippen molar-refractivity contribution in [3.8, 4) is 11.8 Å². The average Bonchev–Trinajstić information content (AvgIpc) is 3.19. The van der Waals surface area contributed by atoms with Gasteiger partial charge < -0.3 is 24.5 Å². The van der Waals surface area contributed by atoms with Crippen molar-refractivity contribution in [1.29, 1.82) is 5.26 Å². The number of H-pyrrole nitrogens is 1. The summed E-state index contributed by atoms with van der Waals surface area (Å²) in [4.78, 5) is 42.6. The number of fused-ring (bicyclic) bond motifs is 1. The van der Waals surface area contributed by atoms with Crippen molar-refractivity contribution < 1.29 is 14.3 Å². The zero-order valence-corrected chi connectivity index (χ0v) is 21.8. The largest absolute Gasteiger partial charge is 0.496 e. The molecule has 0 spiro atoms. The van der Waals surface area contributed by atoms with Crippen molar-refractivity contribution in [2.45, 2.75) is 52.6 Å². The number of piperidine rings is 1. The average molecular weight is 504 g/mol. The van der Waals surface area contributed by atoms with Gasteiger partial charge in [-0.15, -0.1) is 0 Å². The first-order chi connectivity index (χ1) is 17.8. The van der Waals surface area contributed by atoms with Crippen LogP contribution in [-0.4, -0.2) is 46.5 Å². The van der Waals surface area contributed by atoms with Crippen LogP contribution < -0.4 is 15.6 Å². The molecule has 1 unspecified atom stereocenters. The summed E-state index contributed by atoms with van der Waals surface area (Å²) in [5.41, 5.74) is 3.19. The molecule has 1 atom stereocenters. The molecule has 2 aromatic heterocycles. The van der Waals surface area contributed by atoms with Gasteiger partial charge in [-0.05, 0) is 51.7 Å². The summed E-state index contributed by atoms with van der Waals surface area (Å²) in [6, 6.07) is 11.6. The zero-order chi connectivity index (χ0) is 26.7. The Morgan fingerprint density at radius 3 is 2.62 bits per heavy atom. The maximum atomic E-state index is 13.5. The summed E-state index contributed by atoms with van der Waals surface area (Å²) < 4.78 is 7.58. The van der Waals surface area contributed by atoms with E-state index in [1.807, 2.05) is 37.3 Å². The van der Waals surface area contributed by atoms with Crippen LogP contribution in [0.15, 0.2) is 35.1 Å². The van der Waals surface area contributed by atoms with Crippen LogP contribution in [-0.2, 0) is 11.3 Å². The Bertz CT molecular complexity index is 1420. The molecule has 0 saturated carbocycles. The second kappa shape index (κ2) is 10.9. The molecule has 3 heterocycles. The fourth-order valence-corrected chi connectivity index (χ4v) is 5.52. The van der Waals surface area contributed by atoms with E-state index in [1.165, 1.54) is 7.11 Å². The van der Waals surface area contributed by atoms with Crippen LogP contribution in [0.2, 0.25) is 0 Å². The lowest BCUT2D eigenvalue weighted by molar-refractivity contribution is -0.131. The Morgan fingerprint density at radius 2 is 1.95 bits per heavy atom. The highest BCUT2D eigenvalue weighted by molar-refractivity contribution is 6.08. The van der Waals surface area contributed by atoms with Crippen LogP contribution in [0.4, 0.5) is 0 Å². The molecule has 2 N–H and O–H groups in total. The van der Waals surface area contributed by atoms with E-state index in [1.54, 1.807) is 17.9 Å². The van der Waals surface area contributed by atoms with Gasteiger partial charge in [-0.2, -0.15) is 5.26 Å². The smallest absolute Gasteiger partial charge is 0.256 e. The quantitative estimate of drug-likeness (QED) is 0.510. The molecule has 37 heavy (non-hydrogen) atoms. The third kappa shape index (κ3) is 5.10. The Labute approximate surface area is 216 Å². The SMILES string of the molecule is COc1cc(C)[nH]c(=O)c1CNC(=O)c1c(C)n(C(C)C2CCN(C(=O)CC#N)CC2)c2ccccc12. The Kier molecular flexibility index (Phi) is 7.67. The number of para-hydroxylation sites is 1. The molecule has 9 heteroatoms. The van der Waals surface area contributed by atoms with Crippen LogP contribution in [0.25, 0.3) is 10.9 Å². The Morgan fingerprint density at radius 1 is 1.24 bits per heavy atom. The van der Waals surface area contributed by atoms with Gasteiger partial charge in [0.15, 0.2) is 0 Å². The number of pyridine rings is 1. The summed E-state index contributed by atoms with van der Waals surface area (Å²) in [6.07, 6.45) is 1.59. The summed E-state index contributed by atoms with van der Waals surface area (Å²) in [7, 11) is 1.50. The molecule has 1 fully saturated rings. The van der Waals surface area contributed by atoms with Gasteiger partial charge in [0.25, 0.3) is 11.5 Å². The van der Waals surface area contributed by atoms with Crippen LogP contribution in [0.1, 0.15) is 59.5 Å². The van der Waals surface area contributed by atoms with Crippen LogP contribution in [0, 0.1) is 31.1 Å². The number of nitriles is 1. The van der Waals surface area contributed by atoms with Gasteiger partial charge in [0, 0.05) is 41.4 Å². The second-order valence-electron chi connectivity index (χ2n) is 9.65. The number of benzene rings is 1. The maximum absolute atomic E-state index is 13.5. The lowest BCUT2D eigenvalue weighted by Gasteiger charge is -2.36. The zero-order valence-electron chi connectivity index (χ0n) is 21.8. The summed E-state index contributed by atoms with van der Waals surface area (Å²) >= 11 is 0. The van der Waals surface area contributed by atoms with Crippen LogP contribution in [0.5, 0.6) is 5.75 Å². The third-order valence-corrected chi connectivity index (χ3v) is 7.47. The molecule has 1 aromatic carbocycles. The highest BCUT2D eigenvalue weighted by Crippen LogP contribution is 2.35.